The number of thioether (sulfide) groups is 1. The second-order valence-electron chi connectivity index (χ2n) is 5.20. The molecule has 3 aromatic rings. The number of para-hydroxylation sites is 2. The summed E-state index contributed by atoms with van der Waals surface area (Å²) in [4.78, 5) is 26.6. The predicted octanol–water partition coefficient (Wildman–Crippen LogP) is 3.21. The number of carbonyl (C=O) groups is 1. The maximum Gasteiger partial charge on any atom is 0.316 e. The van der Waals surface area contributed by atoms with Gasteiger partial charge in [-0.15, -0.1) is 0 Å². The third-order valence-electron chi connectivity index (χ3n) is 3.69. The number of benzene rings is 2. The summed E-state index contributed by atoms with van der Waals surface area (Å²) in [6.07, 6.45) is 0. The van der Waals surface area contributed by atoms with Crippen LogP contribution in [0.2, 0.25) is 0 Å². The Balaban J connectivity index is 2.19. The maximum absolute atomic E-state index is 11.5. The number of hydrogen-bond donors (Lipinski definition) is 0. The molecule has 9 heteroatoms. The van der Waals surface area contributed by atoms with Gasteiger partial charge in [0.05, 0.1) is 41.6 Å². The largest absolute Gasteiger partial charge is 0.495 e. The minimum absolute atomic E-state index is 0.0494. The van der Waals surface area contributed by atoms with Gasteiger partial charge in [0.15, 0.2) is 5.16 Å². The highest BCUT2D eigenvalue weighted by molar-refractivity contribution is 7.99. The number of hydrogen-bond acceptors (Lipinski definition) is 7. The van der Waals surface area contributed by atoms with E-state index in [1.807, 2.05) is 22.8 Å². The third-order valence-corrected chi connectivity index (χ3v) is 4.60. The molecule has 0 N–H and O–H groups in total. The number of carbonyl (C=O) groups excluding carboxylic acids is 1. The van der Waals surface area contributed by atoms with E-state index < -0.39 is 4.92 Å². The van der Waals surface area contributed by atoms with Gasteiger partial charge in [0, 0.05) is 12.1 Å². The fourth-order valence-corrected chi connectivity index (χ4v) is 3.34. The standard InChI is InChI=1S/C17H15N3O5S/c1-24-15-6-4-3-5-14(15)19-13-8-7-11(20(22)23)9-12(13)18-17(19)26-10-16(21)25-2/h3-9H,10H2,1-2H3. The molecule has 0 saturated carbocycles. The van der Waals surface area contributed by atoms with Crippen LogP contribution >= 0.6 is 11.8 Å². The Morgan fingerprint density at radius 2 is 2.04 bits per heavy atom. The van der Waals surface area contributed by atoms with Crippen molar-refractivity contribution in [1.29, 1.82) is 0 Å². The first-order valence-electron chi connectivity index (χ1n) is 7.55. The highest BCUT2D eigenvalue weighted by Gasteiger charge is 2.19. The number of imidazole rings is 1. The molecule has 0 aliphatic rings. The van der Waals surface area contributed by atoms with E-state index in [0.29, 0.717) is 21.9 Å². The molecule has 3 rings (SSSR count). The molecule has 0 bridgehead atoms. The van der Waals surface area contributed by atoms with Gasteiger partial charge in [-0.1, -0.05) is 23.9 Å². The smallest absolute Gasteiger partial charge is 0.316 e. The van der Waals surface area contributed by atoms with Crippen LogP contribution in [-0.2, 0) is 9.53 Å². The van der Waals surface area contributed by atoms with Crippen molar-refractivity contribution in [3.8, 4) is 11.4 Å². The van der Waals surface area contributed by atoms with Gasteiger partial charge in [0.25, 0.3) is 5.69 Å². The van der Waals surface area contributed by atoms with Crippen LogP contribution in [-0.4, -0.2) is 40.4 Å². The molecule has 26 heavy (non-hydrogen) atoms. The van der Waals surface area contributed by atoms with Crippen LogP contribution in [0.1, 0.15) is 0 Å². The van der Waals surface area contributed by atoms with Gasteiger partial charge in [0.1, 0.15) is 5.75 Å². The van der Waals surface area contributed by atoms with E-state index in [1.165, 1.54) is 31.0 Å². The molecular formula is C17H15N3O5S. The summed E-state index contributed by atoms with van der Waals surface area (Å²) in [5.41, 5.74) is 1.80. The second-order valence-corrected chi connectivity index (χ2v) is 6.14. The summed E-state index contributed by atoms with van der Waals surface area (Å²) in [7, 11) is 2.87. The molecule has 0 aliphatic carbocycles. The fraction of sp³-hybridized carbons (Fsp3) is 0.176. The Morgan fingerprint density at radius 3 is 2.73 bits per heavy atom. The van der Waals surface area contributed by atoms with Gasteiger partial charge >= 0.3 is 5.97 Å². The average Bonchev–Trinajstić information content (AvgIpc) is 3.03. The number of nitro groups is 1. The third kappa shape index (κ3) is 3.33. The minimum Gasteiger partial charge on any atom is -0.495 e. The number of nitrogens with zero attached hydrogens (tertiary/aromatic N) is 3. The van der Waals surface area contributed by atoms with E-state index in [-0.39, 0.29) is 17.4 Å². The zero-order valence-electron chi connectivity index (χ0n) is 14.0. The van der Waals surface area contributed by atoms with Crippen LogP contribution < -0.4 is 4.74 Å². The molecule has 0 spiro atoms. The number of nitro benzene ring substituents is 1. The lowest BCUT2D eigenvalue weighted by atomic mass is 10.2. The van der Waals surface area contributed by atoms with Crippen LogP contribution in [0.5, 0.6) is 5.75 Å². The summed E-state index contributed by atoms with van der Waals surface area (Å²) in [5, 5.41) is 11.6. The number of non-ortho nitro benzene ring substituents is 1. The van der Waals surface area contributed by atoms with Crippen LogP contribution in [0.25, 0.3) is 16.7 Å². The van der Waals surface area contributed by atoms with Crippen LogP contribution in [0.15, 0.2) is 47.6 Å². The van der Waals surface area contributed by atoms with Crippen molar-refractivity contribution in [3.05, 3.63) is 52.6 Å². The van der Waals surface area contributed by atoms with Crippen molar-refractivity contribution in [3.63, 3.8) is 0 Å². The van der Waals surface area contributed by atoms with E-state index in [0.717, 1.165) is 5.69 Å². The monoisotopic (exact) mass is 373 g/mol. The molecule has 2 aromatic carbocycles. The number of ether oxygens (including phenoxy) is 2. The molecule has 0 atom stereocenters. The Hall–Kier alpha value is -3.07. The van der Waals surface area contributed by atoms with Gasteiger partial charge in [-0.3, -0.25) is 19.5 Å². The van der Waals surface area contributed by atoms with Crippen LogP contribution in [0, 0.1) is 10.1 Å². The molecule has 0 radical (unpaired) electrons. The van der Waals surface area contributed by atoms with Crippen molar-refractivity contribution in [2.24, 2.45) is 0 Å². The Labute approximate surface area is 152 Å². The molecule has 1 aromatic heterocycles. The molecule has 0 fully saturated rings. The molecular weight excluding hydrogens is 358 g/mol. The molecule has 1 heterocycles. The zero-order chi connectivity index (χ0) is 18.7. The SMILES string of the molecule is COC(=O)CSc1nc2cc([N+](=O)[O-])ccc2n1-c1ccccc1OC. The van der Waals surface area contributed by atoms with E-state index in [9.17, 15) is 14.9 Å². The number of aromatic nitrogens is 2. The second kappa shape index (κ2) is 7.44. The van der Waals surface area contributed by atoms with E-state index in [2.05, 4.69) is 9.72 Å². The summed E-state index contributed by atoms with van der Waals surface area (Å²) in [6, 6.07) is 11.8. The molecule has 8 nitrogen and oxygen atoms in total. The van der Waals surface area contributed by atoms with Gasteiger partial charge in [-0.05, 0) is 18.2 Å². The van der Waals surface area contributed by atoms with E-state index >= 15 is 0 Å². The molecule has 0 amide bonds. The summed E-state index contributed by atoms with van der Waals surface area (Å²) in [6.45, 7) is 0. The topological polar surface area (TPSA) is 96.5 Å². The predicted molar refractivity (Wildman–Crippen MR) is 97.0 cm³/mol. The van der Waals surface area contributed by atoms with Gasteiger partial charge < -0.3 is 9.47 Å². The summed E-state index contributed by atoms with van der Waals surface area (Å²) >= 11 is 1.19. The van der Waals surface area contributed by atoms with Gasteiger partial charge in [-0.2, -0.15) is 0 Å². The minimum atomic E-state index is -0.469. The van der Waals surface area contributed by atoms with Crippen LogP contribution in [0.4, 0.5) is 5.69 Å². The number of fused-ring (bicyclic) bond motifs is 1. The molecule has 0 unspecified atom stereocenters. The Bertz CT molecular complexity index is 986. The highest BCUT2D eigenvalue weighted by atomic mass is 32.2. The normalized spacial score (nSPS) is 10.7. The number of esters is 1. The molecule has 0 aliphatic heterocycles. The zero-order valence-corrected chi connectivity index (χ0v) is 14.9. The van der Waals surface area contributed by atoms with Crippen molar-refractivity contribution in [1.82, 2.24) is 9.55 Å². The molecule has 0 saturated heterocycles. The summed E-state index contributed by atoms with van der Waals surface area (Å²) < 4.78 is 11.9. The average molecular weight is 373 g/mol. The lowest BCUT2D eigenvalue weighted by Gasteiger charge is -2.12. The number of methoxy groups -OCH3 is 2. The van der Waals surface area contributed by atoms with Gasteiger partial charge in [0.2, 0.25) is 0 Å². The van der Waals surface area contributed by atoms with Crippen LogP contribution in [0.3, 0.4) is 0 Å². The van der Waals surface area contributed by atoms with Crippen molar-refractivity contribution in [2.75, 3.05) is 20.0 Å². The lowest BCUT2D eigenvalue weighted by Crippen LogP contribution is -2.05. The van der Waals surface area contributed by atoms with Crippen molar-refractivity contribution >= 4 is 34.5 Å². The Morgan fingerprint density at radius 1 is 1.27 bits per heavy atom. The fourth-order valence-electron chi connectivity index (χ4n) is 2.49. The van der Waals surface area contributed by atoms with E-state index in [4.69, 9.17) is 4.74 Å². The highest BCUT2D eigenvalue weighted by Crippen LogP contribution is 2.33. The number of rotatable bonds is 6. The molecule has 134 valence electrons. The van der Waals surface area contributed by atoms with Crippen molar-refractivity contribution < 1.29 is 19.2 Å². The first kappa shape index (κ1) is 17.7. The van der Waals surface area contributed by atoms with E-state index in [1.54, 1.807) is 19.2 Å². The first-order valence-corrected chi connectivity index (χ1v) is 8.53. The van der Waals surface area contributed by atoms with Crippen molar-refractivity contribution in [2.45, 2.75) is 5.16 Å². The maximum atomic E-state index is 11.5. The quantitative estimate of drug-likeness (QED) is 0.283. The first-order chi connectivity index (χ1) is 12.5. The lowest BCUT2D eigenvalue weighted by molar-refractivity contribution is -0.384. The summed E-state index contributed by atoms with van der Waals surface area (Å²) in [5.74, 6) is 0.293. The van der Waals surface area contributed by atoms with Gasteiger partial charge in [-0.25, -0.2) is 4.98 Å². The Kier molecular flexibility index (Phi) is 5.08.